The van der Waals surface area contributed by atoms with Crippen LogP contribution in [-0.4, -0.2) is 29.0 Å². The van der Waals surface area contributed by atoms with Gasteiger partial charge in [0, 0.05) is 31.3 Å². The number of nitrogens with one attached hydrogen (secondary N) is 2. The van der Waals surface area contributed by atoms with Crippen molar-refractivity contribution < 1.29 is 4.79 Å². The van der Waals surface area contributed by atoms with E-state index in [-0.39, 0.29) is 11.2 Å². The lowest BCUT2D eigenvalue weighted by molar-refractivity contribution is -0.121. The lowest BCUT2D eigenvalue weighted by Crippen LogP contribution is -2.28. The van der Waals surface area contributed by atoms with Crippen molar-refractivity contribution in [2.24, 2.45) is 0 Å². The van der Waals surface area contributed by atoms with E-state index in [1.165, 1.54) is 0 Å². The molecule has 0 unspecified atom stereocenters. The molecule has 0 bridgehead atoms. The van der Waals surface area contributed by atoms with Gasteiger partial charge in [-0.15, -0.1) is 0 Å². The molecule has 0 aliphatic carbocycles. The van der Waals surface area contributed by atoms with Crippen LogP contribution in [0.15, 0.2) is 6.07 Å². The summed E-state index contributed by atoms with van der Waals surface area (Å²) in [5.74, 6) is 0.749. The number of carbonyl (C=O) groups is 1. The second-order valence-electron chi connectivity index (χ2n) is 3.69. The predicted molar refractivity (Wildman–Crippen MR) is 68.2 cm³/mol. The molecule has 2 N–H and O–H groups in total. The summed E-state index contributed by atoms with van der Waals surface area (Å²) in [7, 11) is 0. The van der Waals surface area contributed by atoms with Crippen LogP contribution in [0.5, 0.6) is 0 Å². The number of amides is 1. The first-order chi connectivity index (χ1) is 8.11. The monoisotopic (exact) mass is 256 g/mol. The van der Waals surface area contributed by atoms with E-state index in [1.807, 2.05) is 13.8 Å². The molecule has 0 saturated heterocycles. The first-order valence-corrected chi connectivity index (χ1v) is 6.01. The van der Waals surface area contributed by atoms with Crippen LogP contribution in [0.2, 0.25) is 5.28 Å². The summed E-state index contributed by atoms with van der Waals surface area (Å²) >= 11 is 5.72. The van der Waals surface area contributed by atoms with E-state index in [0.29, 0.717) is 25.3 Å². The fourth-order valence-electron chi connectivity index (χ4n) is 1.33. The van der Waals surface area contributed by atoms with Gasteiger partial charge >= 0.3 is 0 Å². The summed E-state index contributed by atoms with van der Waals surface area (Å²) < 4.78 is 0. The van der Waals surface area contributed by atoms with Crippen LogP contribution in [0.25, 0.3) is 0 Å². The molecule has 0 spiro atoms. The van der Waals surface area contributed by atoms with Gasteiger partial charge in [-0.05, 0) is 24.9 Å². The minimum absolute atomic E-state index is 0.0752. The summed E-state index contributed by atoms with van der Waals surface area (Å²) in [5, 5.41) is 6.10. The molecule has 0 radical (unpaired) electrons. The zero-order valence-corrected chi connectivity index (χ0v) is 10.8. The van der Waals surface area contributed by atoms with Gasteiger partial charge in [0.05, 0.1) is 0 Å². The van der Waals surface area contributed by atoms with Crippen LogP contribution in [0, 0.1) is 6.92 Å². The zero-order valence-electron chi connectivity index (χ0n) is 10.1. The van der Waals surface area contributed by atoms with E-state index < -0.39 is 0 Å². The highest BCUT2D eigenvalue weighted by Crippen LogP contribution is 2.08. The van der Waals surface area contributed by atoms with Crippen molar-refractivity contribution in [1.82, 2.24) is 15.3 Å². The molecule has 0 fully saturated rings. The summed E-state index contributed by atoms with van der Waals surface area (Å²) in [6, 6.07) is 1.81. The van der Waals surface area contributed by atoms with Crippen molar-refractivity contribution in [3.63, 3.8) is 0 Å². The first-order valence-electron chi connectivity index (χ1n) is 5.63. The Morgan fingerprint density at radius 3 is 2.82 bits per heavy atom. The molecule has 94 valence electrons. The molecule has 1 amide bonds. The summed E-state index contributed by atoms with van der Waals surface area (Å²) in [5.41, 5.74) is 0.808. The molecule has 5 nitrogen and oxygen atoms in total. The van der Waals surface area contributed by atoms with Crippen LogP contribution < -0.4 is 10.6 Å². The normalized spacial score (nSPS) is 10.1. The van der Waals surface area contributed by atoms with Gasteiger partial charge < -0.3 is 10.6 Å². The summed E-state index contributed by atoms with van der Waals surface area (Å²) in [6.45, 7) is 5.01. The third-order valence-corrected chi connectivity index (χ3v) is 2.23. The summed E-state index contributed by atoms with van der Waals surface area (Å²) in [4.78, 5) is 19.2. The van der Waals surface area contributed by atoms with Gasteiger partial charge in [0.1, 0.15) is 5.82 Å². The van der Waals surface area contributed by atoms with E-state index >= 15 is 0 Å². The average molecular weight is 257 g/mol. The van der Waals surface area contributed by atoms with Crippen molar-refractivity contribution in [3.05, 3.63) is 17.0 Å². The molecule has 0 atom stereocenters. The van der Waals surface area contributed by atoms with Crippen LogP contribution in [0.3, 0.4) is 0 Å². The second kappa shape index (κ2) is 7.06. The number of anilines is 1. The summed E-state index contributed by atoms with van der Waals surface area (Å²) in [6.07, 6.45) is 1.43. The Kier molecular flexibility index (Phi) is 5.69. The maximum absolute atomic E-state index is 11.2. The molecular weight excluding hydrogens is 240 g/mol. The number of aryl methyl sites for hydroxylation is 1. The predicted octanol–water partition coefficient (Wildman–Crippen LogP) is 1.77. The Hall–Kier alpha value is -1.36. The first kappa shape index (κ1) is 13.7. The van der Waals surface area contributed by atoms with Crippen molar-refractivity contribution in [2.75, 3.05) is 18.4 Å². The number of hydrogen-bond acceptors (Lipinski definition) is 4. The van der Waals surface area contributed by atoms with Crippen molar-refractivity contribution in [3.8, 4) is 0 Å². The zero-order chi connectivity index (χ0) is 12.7. The highest BCUT2D eigenvalue weighted by Gasteiger charge is 2.00. The molecule has 0 aliphatic rings. The molecular formula is C11H17ClN4O. The Bertz CT molecular complexity index is 363. The molecule has 1 rings (SSSR count). The molecule has 0 aliphatic heterocycles. The SMILES string of the molecule is CCCC(=O)NCCNc1cc(C)nc(Cl)n1. The maximum atomic E-state index is 11.2. The van der Waals surface area contributed by atoms with Gasteiger partial charge in [-0.3, -0.25) is 4.79 Å². The van der Waals surface area contributed by atoms with Crippen molar-refractivity contribution in [1.29, 1.82) is 0 Å². The van der Waals surface area contributed by atoms with Gasteiger partial charge in [0.15, 0.2) is 0 Å². The Labute approximate surface area is 106 Å². The minimum atomic E-state index is 0.0752. The molecule has 17 heavy (non-hydrogen) atoms. The van der Waals surface area contributed by atoms with E-state index in [1.54, 1.807) is 6.07 Å². The lowest BCUT2D eigenvalue weighted by atomic mass is 10.3. The van der Waals surface area contributed by atoms with Crippen molar-refractivity contribution in [2.45, 2.75) is 26.7 Å². The van der Waals surface area contributed by atoms with E-state index in [9.17, 15) is 4.79 Å². The standard InChI is InChI=1S/C11H17ClN4O/c1-3-4-10(17)14-6-5-13-9-7-8(2)15-11(12)16-9/h7H,3-6H2,1-2H3,(H,14,17)(H,13,15,16). The molecule has 0 saturated carbocycles. The Morgan fingerprint density at radius 1 is 1.41 bits per heavy atom. The third kappa shape index (κ3) is 5.49. The fourth-order valence-corrected chi connectivity index (χ4v) is 1.56. The van der Waals surface area contributed by atoms with Gasteiger partial charge in [-0.25, -0.2) is 9.97 Å². The second-order valence-corrected chi connectivity index (χ2v) is 4.03. The molecule has 6 heteroatoms. The number of carbonyl (C=O) groups excluding carboxylic acids is 1. The number of nitrogens with zero attached hydrogens (tertiary/aromatic N) is 2. The number of aromatic nitrogens is 2. The van der Waals surface area contributed by atoms with Crippen LogP contribution in [-0.2, 0) is 4.79 Å². The van der Waals surface area contributed by atoms with Gasteiger partial charge in [0.2, 0.25) is 11.2 Å². The Morgan fingerprint density at radius 2 is 2.18 bits per heavy atom. The molecule has 1 aromatic rings. The fraction of sp³-hybridized carbons (Fsp3) is 0.545. The topological polar surface area (TPSA) is 66.9 Å². The lowest BCUT2D eigenvalue weighted by Gasteiger charge is -2.07. The van der Waals surface area contributed by atoms with Crippen LogP contribution in [0.1, 0.15) is 25.5 Å². The minimum Gasteiger partial charge on any atom is -0.368 e. The average Bonchev–Trinajstić information content (AvgIpc) is 2.23. The van der Waals surface area contributed by atoms with E-state index in [4.69, 9.17) is 11.6 Å². The van der Waals surface area contributed by atoms with E-state index in [2.05, 4.69) is 20.6 Å². The van der Waals surface area contributed by atoms with E-state index in [0.717, 1.165) is 12.1 Å². The maximum Gasteiger partial charge on any atom is 0.224 e. The smallest absolute Gasteiger partial charge is 0.224 e. The van der Waals surface area contributed by atoms with Gasteiger partial charge in [0.25, 0.3) is 0 Å². The number of rotatable bonds is 6. The number of halogens is 1. The highest BCUT2D eigenvalue weighted by atomic mass is 35.5. The molecule has 1 aromatic heterocycles. The Balaban J connectivity index is 2.28. The number of hydrogen-bond donors (Lipinski definition) is 2. The van der Waals surface area contributed by atoms with Crippen LogP contribution >= 0.6 is 11.6 Å². The largest absolute Gasteiger partial charge is 0.368 e. The molecule has 1 heterocycles. The van der Waals surface area contributed by atoms with Gasteiger partial charge in [-0.1, -0.05) is 6.92 Å². The van der Waals surface area contributed by atoms with Gasteiger partial charge in [-0.2, -0.15) is 0 Å². The third-order valence-electron chi connectivity index (χ3n) is 2.06. The quantitative estimate of drug-likeness (QED) is 0.601. The van der Waals surface area contributed by atoms with Crippen molar-refractivity contribution >= 4 is 23.3 Å². The van der Waals surface area contributed by atoms with Crippen LogP contribution in [0.4, 0.5) is 5.82 Å². The molecule has 0 aromatic carbocycles. The highest BCUT2D eigenvalue weighted by molar-refractivity contribution is 6.28.